The molecule has 0 aliphatic carbocycles. The minimum absolute atomic E-state index is 0.0968. The molecule has 8 heteroatoms. The average Bonchev–Trinajstić information content (AvgIpc) is 2.67. The summed E-state index contributed by atoms with van der Waals surface area (Å²) in [5.41, 5.74) is 3.87. The fourth-order valence-corrected chi connectivity index (χ4v) is 5.83. The van der Waals surface area contributed by atoms with Crippen LogP contribution >= 0.6 is 21.6 Å². The lowest BCUT2D eigenvalue weighted by molar-refractivity contribution is -0.132. The highest BCUT2D eigenvalue weighted by Gasteiger charge is 2.23. The van der Waals surface area contributed by atoms with Gasteiger partial charge in [0, 0.05) is 25.0 Å². The molecule has 0 bridgehead atoms. The summed E-state index contributed by atoms with van der Waals surface area (Å²) >= 11 is 0. The van der Waals surface area contributed by atoms with Crippen molar-refractivity contribution in [1.82, 2.24) is 0 Å². The lowest BCUT2D eigenvalue weighted by atomic mass is 10.0. The van der Waals surface area contributed by atoms with Crippen LogP contribution < -0.4 is 9.47 Å². The molecule has 0 aliphatic heterocycles. The second-order valence-electron chi connectivity index (χ2n) is 7.12. The Bertz CT molecular complexity index is 960. The molecule has 0 radical (unpaired) electrons. The number of ether oxygens (including phenoxy) is 2. The minimum Gasteiger partial charge on any atom is -0.506 e. The first-order valence-corrected chi connectivity index (χ1v) is 11.4. The van der Waals surface area contributed by atoms with E-state index in [-0.39, 0.29) is 11.5 Å². The molecule has 2 rings (SSSR count). The van der Waals surface area contributed by atoms with E-state index in [2.05, 4.69) is 0 Å². The zero-order valence-corrected chi connectivity index (χ0v) is 20.0. The van der Waals surface area contributed by atoms with E-state index in [4.69, 9.17) is 9.47 Å². The number of esters is 2. The van der Waals surface area contributed by atoms with Gasteiger partial charge in [0.25, 0.3) is 0 Å². The Morgan fingerprint density at radius 2 is 0.900 bits per heavy atom. The van der Waals surface area contributed by atoms with Crippen LogP contribution in [0, 0.1) is 41.5 Å². The van der Waals surface area contributed by atoms with Crippen molar-refractivity contribution in [2.75, 3.05) is 0 Å². The van der Waals surface area contributed by atoms with Gasteiger partial charge in [-0.05, 0) is 85.4 Å². The minimum atomic E-state index is -0.441. The molecule has 0 spiro atoms. The Balaban J connectivity index is 2.54. The summed E-state index contributed by atoms with van der Waals surface area (Å²) in [6.45, 7) is 13.3. The maximum atomic E-state index is 11.5. The van der Waals surface area contributed by atoms with Crippen LogP contribution in [0.25, 0.3) is 0 Å². The van der Waals surface area contributed by atoms with E-state index in [9.17, 15) is 19.8 Å². The van der Waals surface area contributed by atoms with E-state index >= 15 is 0 Å². The summed E-state index contributed by atoms with van der Waals surface area (Å²) in [5.74, 6) is 0.149. The van der Waals surface area contributed by atoms with Gasteiger partial charge < -0.3 is 19.7 Å². The van der Waals surface area contributed by atoms with Crippen LogP contribution in [0.4, 0.5) is 0 Å². The van der Waals surface area contributed by atoms with Gasteiger partial charge in [-0.15, -0.1) is 0 Å². The smallest absolute Gasteiger partial charge is 0.308 e. The number of carbonyl (C=O) groups is 2. The Labute approximate surface area is 184 Å². The molecule has 162 valence electrons. The van der Waals surface area contributed by atoms with Gasteiger partial charge in [0.15, 0.2) is 0 Å². The molecule has 0 saturated heterocycles. The highest BCUT2D eigenvalue weighted by atomic mass is 33.1. The monoisotopic (exact) mass is 450 g/mol. The predicted octanol–water partition coefficient (Wildman–Crippen LogP) is 5.60. The fraction of sp³-hybridized carbons (Fsp3) is 0.364. The first-order valence-electron chi connectivity index (χ1n) is 9.25. The van der Waals surface area contributed by atoms with Crippen molar-refractivity contribution in [1.29, 1.82) is 0 Å². The predicted molar refractivity (Wildman–Crippen MR) is 119 cm³/mol. The second kappa shape index (κ2) is 9.22. The quantitative estimate of drug-likeness (QED) is 0.345. The highest BCUT2D eigenvalue weighted by molar-refractivity contribution is 8.76. The normalized spacial score (nSPS) is 10.8. The number of carbonyl (C=O) groups excluding carboxylic acids is 2. The third kappa shape index (κ3) is 4.54. The van der Waals surface area contributed by atoms with E-state index in [1.165, 1.54) is 35.4 Å². The largest absolute Gasteiger partial charge is 0.506 e. The van der Waals surface area contributed by atoms with Gasteiger partial charge in [-0.2, -0.15) is 0 Å². The molecule has 6 nitrogen and oxygen atoms in total. The molecule has 0 aromatic heterocycles. The summed E-state index contributed by atoms with van der Waals surface area (Å²) in [6, 6.07) is 0. The number of hydrogen-bond donors (Lipinski definition) is 2. The molecule has 2 N–H and O–H groups in total. The molecule has 0 fully saturated rings. The Kier molecular flexibility index (Phi) is 7.36. The molecular formula is C22H26O6S2. The summed E-state index contributed by atoms with van der Waals surface area (Å²) in [6.07, 6.45) is 0. The molecule has 2 aromatic rings. The molecule has 0 aliphatic rings. The topological polar surface area (TPSA) is 93.1 Å². The Morgan fingerprint density at radius 1 is 0.600 bits per heavy atom. The summed E-state index contributed by atoms with van der Waals surface area (Å²) in [4.78, 5) is 24.1. The van der Waals surface area contributed by atoms with Crippen molar-refractivity contribution >= 4 is 33.5 Å². The lowest BCUT2D eigenvalue weighted by Gasteiger charge is -2.20. The van der Waals surface area contributed by atoms with Crippen molar-refractivity contribution in [3.05, 3.63) is 33.4 Å². The maximum absolute atomic E-state index is 11.5. The van der Waals surface area contributed by atoms with Crippen molar-refractivity contribution < 1.29 is 29.3 Å². The van der Waals surface area contributed by atoms with Gasteiger partial charge >= 0.3 is 11.9 Å². The van der Waals surface area contributed by atoms with Gasteiger partial charge in [0.05, 0.1) is 9.79 Å². The van der Waals surface area contributed by atoms with Crippen LogP contribution in [0.2, 0.25) is 0 Å². The van der Waals surface area contributed by atoms with Crippen LogP contribution in [0.15, 0.2) is 9.79 Å². The molecular weight excluding hydrogens is 424 g/mol. The van der Waals surface area contributed by atoms with E-state index in [0.717, 1.165) is 0 Å². The number of hydrogen-bond acceptors (Lipinski definition) is 8. The summed E-state index contributed by atoms with van der Waals surface area (Å²) in [5, 5.41) is 21.4. The fourth-order valence-electron chi connectivity index (χ4n) is 3.04. The number of phenols is 2. The van der Waals surface area contributed by atoms with Crippen molar-refractivity contribution in [3.8, 4) is 23.0 Å². The highest BCUT2D eigenvalue weighted by Crippen LogP contribution is 2.53. The van der Waals surface area contributed by atoms with Gasteiger partial charge in [-0.3, -0.25) is 9.59 Å². The van der Waals surface area contributed by atoms with E-state index < -0.39 is 11.9 Å². The van der Waals surface area contributed by atoms with Crippen LogP contribution in [-0.4, -0.2) is 22.2 Å². The van der Waals surface area contributed by atoms with Gasteiger partial charge in [-0.1, -0.05) is 0 Å². The van der Waals surface area contributed by atoms with Gasteiger partial charge in [0.1, 0.15) is 23.0 Å². The van der Waals surface area contributed by atoms with Gasteiger partial charge in [-0.25, -0.2) is 0 Å². The Hall–Kier alpha value is -2.32. The summed E-state index contributed by atoms with van der Waals surface area (Å²) in [7, 11) is 2.47. The SMILES string of the molecule is CC(=O)Oc1c(C)c(C)c(O)c(SSc2c(C)c(OC(C)=O)c(C)c(C)c2O)c1C. The summed E-state index contributed by atoms with van der Waals surface area (Å²) < 4.78 is 10.7. The second-order valence-corrected chi connectivity index (χ2v) is 9.27. The molecule has 0 unspecified atom stereocenters. The molecule has 0 atom stereocenters. The average molecular weight is 451 g/mol. The van der Waals surface area contributed by atoms with Crippen molar-refractivity contribution in [2.24, 2.45) is 0 Å². The first kappa shape index (κ1) is 24.0. The van der Waals surface area contributed by atoms with Crippen molar-refractivity contribution in [2.45, 2.75) is 65.2 Å². The number of phenolic OH excluding ortho intramolecular Hbond substituents is 2. The van der Waals surface area contributed by atoms with Crippen LogP contribution in [0.3, 0.4) is 0 Å². The number of aromatic hydroxyl groups is 2. The standard InChI is InChI=1S/C22H26O6S2/c1-9-11(3)19(27-15(7)23)13(5)21(17(9)25)29-30-22-14(6)20(28-16(8)24)12(4)10(2)18(22)26/h25-26H,1-8H3. The first-order chi connectivity index (χ1) is 13.9. The molecule has 30 heavy (non-hydrogen) atoms. The van der Waals surface area contributed by atoms with E-state index in [1.807, 2.05) is 0 Å². The number of benzene rings is 2. The molecule has 0 saturated carbocycles. The van der Waals surface area contributed by atoms with Crippen LogP contribution in [-0.2, 0) is 9.59 Å². The number of rotatable bonds is 5. The van der Waals surface area contributed by atoms with E-state index in [0.29, 0.717) is 54.7 Å². The lowest BCUT2D eigenvalue weighted by Crippen LogP contribution is -2.06. The third-order valence-corrected chi connectivity index (χ3v) is 7.67. The molecule has 0 amide bonds. The van der Waals surface area contributed by atoms with E-state index in [1.54, 1.807) is 41.5 Å². The Morgan fingerprint density at radius 3 is 1.17 bits per heavy atom. The van der Waals surface area contributed by atoms with Gasteiger partial charge in [0.2, 0.25) is 0 Å². The zero-order chi connectivity index (χ0) is 22.9. The molecule has 2 aromatic carbocycles. The van der Waals surface area contributed by atoms with Crippen LogP contribution in [0.5, 0.6) is 23.0 Å². The third-order valence-electron chi connectivity index (χ3n) is 5.01. The van der Waals surface area contributed by atoms with Crippen molar-refractivity contribution in [3.63, 3.8) is 0 Å². The van der Waals surface area contributed by atoms with Crippen LogP contribution in [0.1, 0.15) is 47.2 Å². The molecule has 0 heterocycles. The zero-order valence-electron chi connectivity index (χ0n) is 18.3. The maximum Gasteiger partial charge on any atom is 0.308 e.